The fraction of sp³-hybridized carbons (Fsp3) is 0.364. The van der Waals surface area contributed by atoms with E-state index in [9.17, 15) is 24.3 Å². The molecule has 0 aliphatic carbocycles. The molecule has 6 fully saturated rings. The second-order valence-corrected chi connectivity index (χ2v) is 20.2. The van der Waals surface area contributed by atoms with Crippen LogP contribution >= 0.6 is 58.6 Å². The number of aliphatic hydroxyl groups is 2. The third kappa shape index (κ3) is 10.7. The minimum atomic E-state index is -1.12. The van der Waals surface area contributed by atoms with Gasteiger partial charge in [0.25, 0.3) is 23.6 Å². The molecule has 6 aliphatic heterocycles. The van der Waals surface area contributed by atoms with Gasteiger partial charge in [0.1, 0.15) is 6.07 Å². The van der Waals surface area contributed by atoms with Gasteiger partial charge in [0.05, 0.1) is 42.2 Å². The number of piperazine rings is 2. The summed E-state index contributed by atoms with van der Waals surface area (Å²) in [5, 5.41) is 16.9. The Labute approximate surface area is 378 Å². The number of amides is 4. The summed E-state index contributed by atoms with van der Waals surface area (Å²) in [4.78, 5) is 56.2. The summed E-state index contributed by atoms with van der Waals surface area (Å²) in [6.45, 7) is 1.07. The van der Waals surface area contributed by atoms with Gasteiger partial charge in [0.15, 0.2) is 21.0 Å². The first-order valence-corrected chi connectivity index (χ1v) is 23.6. The highest BCUT2D eigenvalue weighted by Crippen LogP contribution is 2.56. The molecule has 4 aromatic carbocycles. The number of benzene rings is 4. The van der Waals surface area contributed by atoms with Gasteiger partial charge in [-0.05, 0) is 33.4 Å². The van der Waals surface area contributed by atoms with Crippen molar-refractivity contribution in [3.05, 3.63) is 143 Å². The Morgan fingerprint density at radius 1 is 0.557 bits per heavy atom. The average Bonchev–Trinajstić information content (AvgIpc) is 3.63. The molecule has 4 aromatic rings. The summed E-state index contributed by atoms with van der Waals surface area (Å²) >= 11 is 11.3. The van der Waals surface area contributed by atoms with Crippen molar-refractivity contribution in [1.82, 2.24) is 19.6 Å². The van der Waals surface area contributed by atoms with E-state index in [4.69, 9.17) is 26.2 Å². The Morgan fingerprint density at radius 3 is 1.44 bits per heavy atom. The van der Waals surface area contributed by atoms with E-state index in [2.05, 4.69) is 0 Å². The molecule has 6 aliphatic rings. The van der Waals surface area contributed by atoms with Crippen LogP contribution in [0.2, 0.25) is 0 Å². The van der Waals surface area contributed by atoms with Gasteiger partial charge >= 0.3 is 0 Å². The number of thioether (sulfide) groups is 4. The van der Waals surface area contributed by atoms with Crippen molar-refractivity contribution in [3.63, 3.8) is 0 Å². The van der Waals surface area contributed by atoms with Gasteiger partial charge in [-0.1, -0.05) is 121 Å². The summed E-state index contributed by atoms with van der Waals surface area (Å²) < 4.78 is 10.9. The normalized spacial score (nSPS) is 24.5. The number of aliphatic hydroxyl groups excluding tert-OH is 2. The monoisotopic (exact) mass is 924 g/mol. The van der Waals surface area contributed by atoms with Crippen molar-refractivity contribution in [1.29, 1.82) is 0 Å². The number of nitrogens with zero attached hydrogens (tertiary/aromatic N) is 4. The Bertz CT molecular complexity index is 2080. The predicted molar refractivity (Wildman–Crippen MR) is 244 cm³/mol. The number of halogens is 1. The fourth-order valence-electron chi connectivity index (χ4n) is 6.78. The summed E-state index contributed by atoms with van der Waals surface area (Å²) in [6, 6.07) is 35.3. The number of alkyl halides is 1. The lowest BCUT2D eigenvalue weighted by molar-refractivity contribution is -0.159. The summed E-state index contributed by atoms with van der Waals surface area (Å²) in [7, 11) is 6.76. The van der Waals surface area contributed by atoms with Crippen molar-refractivity contribution in [2.75, 3.05) is 40.9 Å². The highest BCUT2D eigenvalue weighted by Gasteiger charge is 2.59. The smallest absolute Gasteiger partial charge is 0.262 e. The highest BCUT2D eigenvalue weighted by molar-refractivity contribution is 8.18. The van der Waals surface area contributed by atoms with Crippen LogP contribution in [0.5, 0.6) is 0 Å². The third-order valence-corrected chi connectivity index (χ3v) is 17.2. The number of ether oxygens (including phenoxy) is 2. The number of likely N-dealkylation sites (N-methyl/N-ethyl adjacent to an activating group) is 4. The van der Waals surface area contributed by atoms with Crippen LogP contribution in [-0.4, -0.2) is 115 Å². The Hall–Kier alpha value is -3.71. The van der Waals surface area contributed by atoms with Crippen molar-refractivity contribution in [3.8, 4) is 0 Å². The first kappa shape index (κ1) is 46.8. The van der Waals surface area contributed by atoms with Gasteiger partial charge in [0, 0.05) is 28.2 Å². The molecule has 2 N–H and O–H groups in total. The molecular formula is C44H49ClN4O8S4. The maximum Gasteiger partial charge on any atom is 0.262 e. The largest absolute Gasteiger partial charge is 0.392 e. The zero-order chi connectivity index (χ0) is 43.7. The zero-order valence-corrected chi connectivity index (χ0v) is 38.2. The van der Waals surface area contributed by atoms with E-state index in [1.165, 1.54) is 47.0 Å². The molecule has 324 valence electrons. The van der Waals surface area contributed by atoms with E-state index in [1.54, 1.807) is 47.8 Å². The van der Waals surface area contributed by atoms with Gasteiger partial charge in [0.2, 0.25) is 0 Å². The van der Waals surface area contributed by atoms with E-state index in [-0.39, 0.29) is 58.7 Å². The number of carbonyl (C=O) groups is 4. The molecular weight excluding hydrogens is 876 g/mol. The first-order chi connectivity index (χ1) is 29.4. The topological polar surface area (TPSA) is 140 Å². The van der Waals surface area contributed by atoms with Crippen LogP contribution in [0.3, 0.4) is 0 Å². The van der Waals surface area contributed by atoms with E-state index >= 15 is 0 Å². The molecule has 6 heterocycles. The van der Waals surface area contributed by atoms with Crippen molar-refractivity contribution >= 4 is 82.3 Å². The molecule has 5 atom stereocenters. The zero-order valence-electron chi connectivity index (χ0n) is 34.2. The summed E-state index contributed by atoms with van der Waals surface area (Å²) in [5.74, 6) is -0.245. The van der Waals surface area contributed by atoms with Crippen LogP contribution < -0.4 is 0 Å². The van der Waals surface area contributed by atoms with Crippen LogP contribution in [0.15, 0.2) is 109 Å². The van der Waals surface area contributed by atoms with Gasteiger partial charge in [-0.15, -0.1) is 47.0 Å². The van der Waals surface area contributed by atoms with Crippen molar-refractivity contribution < 1.29 is 38.9 Å². The molecule has 0 spiro atoms. The van der Waals surface area contributed by atoms with Crippen LogP contribution in [0, 0.1) is 0 Å². The fourth-order valence-corrected chi connectivity index (χ4v) is 13.4. The Morgan fingerprint density at radius 2 is 0.984 bits per heavy atom. The maximum absolute atomic E-state index is 13.4. The standard InChI is InChI=1S/C22H24N2O4S2.C14H16N2O3S2.C8H9ClO/c1-23-19-18(26)24(2)22(21(23)27,14-28-13-16-6-4-3-5-7-16)30-20(29-19)17-10-8-15(12-25)9-11-17;1-15-10(18)13-16(2)11(19)12(15)20-14(21-13)9-5-3-8(7-17)4-6-9;9-7-10-6-8-4-2-1-3-5-8/h3-11,19-20,25H,12-14H2,1-2H3;3-6,12-14,17H,7H2,1-2H3;1-5H,6-7H2/t19?,20?,22-;;/m0../s1. The Balaban J connectivity index is 0.000000173. The van der Waals surface area contributed by atoms with Crippen LogP contribution in [-0.2, 0) is 55.1 Å². The second kappa shape index (κ2) is 21.6. The van der Waals surface area contributed by atoms with E-state index < -0.39 is 21.0 Å². The minimum absolute atomic E-state index is 0.0128. The molecule has 4 unspecified atom stereocenters. The molecule has 12 nitrogen and oxygen atoms in total. The molecule has 0 radical (unpaired) electrons. The molecule has 17 heteroatoms. The quantitative estimate of drug-likeness (QED) is 0.160. The lowest BCUT2D eigenvalue weighted by Gasteiger charge is -2.45. The number of hydrogen-bond donors (Lipinski definition) is 2. The van der Waals surface area contributed by atoms with Crippen molar-refractivity contribution in [2.45, 2.75) is 56.6 Å². The second-order valence-electron chi connectivity index (χ2n) is 14.5. The number of carbonyl (C=O) groups excluding carboxylic acids is 4. The molecule has 0 saturated carbocycles. The molecule has 6 saturated heterocycles. The van der Waals surface area contributed by atoms with E-state index in [0.717, 1.165) is 33.4 Å². The molecule has 10 rings (SSSR count). The summed E-state index contributed by atoms with van der Waals surface area (Å²) in [6.07, 6.45) is 0. The van der Waals surface area contributed by atoms with Gasteiger partial charge in [-0.25, -0.2) is 0 Å². The molecule has 61 heavy (non-hydrogen) atoms. The molecule has 4 amide bonds. The SMILES string of the molecule is CN1C(=O)C2SC(c3ccc(CO)cc3)SC1C(=O)N2C.CN1C(=O)[C@]2(COCc3ccccc3)SC(c3ccc(CO)cc3)SC1C(=O)N2C.ClCOCc1ccccc1. The average molecular weight is 926 g/mol. The number of rotatable bonds is 11. The lowest BCUT2D eigenvalue weighted by atomic mass is 10.1. The minimum Gasteiger partial charge on any atom is -0.392 e. The number of hydrogen-bond acceptors (Lipinski definition) is 12. The van der Waals surface area contributed by atoms with E-state index in [1.807, 2.05) is 109 Å². The number of fused-ring (bicyclic) bond motifs is 8. The third-order valence-electron chi connectivity index (χ3n) is 10.4. The first-order valence-electron chi connectivity index (χ1n) is 19.3. The van der Waals surface area contributed by atoms with Crippen LogP contribution in [0.25, 0.3) is 0 Å². The lowest BCUT2D eigenvalue weighted by Crippen LogP contribution is -2.67. The molecule has 0 aromatic heterocycles. The maximum atomic E-state index is 13.4. The summed E-state index contributed by atoms with van der Waals surface area (Å²) in [5.41, 5.74) is 5.92. The predicted octanol–water partition coefficient (Wildman–Crippen LogP) is 6.47. The van der Waals surface area contributed by atoms with E-state index in [0.29, 0.717) is 13.2 Å². The molecule has 4 bridgehead atoms. The van der Waals surface area contributed by atoms with Crippen LogP contribution in [0.4, 0.5) is 0 Å². The van der Waals surface area contributed by atoms with Gasteiger partial charge in [-0.3, -0.25) is 19.2 Å². The van der Waals surface area contributed by atoms with Gasteiger partial charge in [-0.2, -0.15) is 0 Å². The van der Waals surface area contributed by atoms with Crippen LogP contribution in [0.1, 0.15) is 42.5 Å². The van der Waals surface area contributed by atoms with Crippen molar-refractivity contribution in [2.24, 2.45) is 0 Å². The van der Waals surface area contributed by atoms with Gasteiger partial charge < -0.3 is 39.3 Å². The highest BCUT2D eigenvalue weighted by atomic mass is 35.5. The Kier molecular flexibility index (Phi) is 16.6.